The van der Waals surface area contributed by atoms with E-state index < -0.39 is 0 Å². The molecule has 0 radical (unpaired) electrons. The van der Waals surface area contributed by atoms with Crippen LogP contribution in [0.25, 0.3) is 10.9 Å². The summed E-state index contributed by atoms with van der Waals surface area (Å²) >= 11 is 5.99. The summed E-state index contributed by atoms with van der Waals surface area (Å²) in [6.45, 7) is 0.333. The number of Topliss-reactive ketones (excluding diaryl/α,β-unsaturated/α-hetero) is 1. The van der Waals surface area contributed by atoms with E-state index in [4.69, 9.17) is 11.6 Å². The van der Waals surface area contributed by atoms with Gasteiger partial charge in [0.1, 0.15) is 0 Å². The van der Waals surface area contributed by atoms with Crippen LogP contribution in [0.1, 0.15) is 10.4 Å². The first-order chi connectivity index (χ1) is 7.24. The monoisotopic (exact) mass is 222 g/mol. The number of carbonyl (C=O) groups excluding carboxylic acids is 1. The molecule has 0 amide bonds. The van der Waals surface area contributed by atoms with E-state index in [0.29, 0.717) is 17.1 Å². The van der Waals surface area contributed by atoms with Crippen LogP contribution < -0.4 is 5.32 Å². The van der Waals surface area contributed by atoms with Gasteiger partial charge in [0.05, 0.1) is 17.1 Å². The lowest BCUT2D eigenvalue weighted by Gasteiger charge is -1.98. The minimum atomic E-state index is 0.0611. The van der Waals surface area contributed by atoms with Crippen LogP contribution in [0.4, 0.5) is 0 Å². The molecule has 0 aliphatic carbocycles. The van der Waals surface area contributed by atoms with Crippen LogP contribution in [-0.4, -0.2) is 24.4 Å². The minimum Gasteiger partial charge on any atom is -0.359 e. The fourth-order valence-electron chi connectivity index (χ4n) is 1.60. The van der Waals surface area contributed by atoms with E-state index in [-0.39, 0.29) is 5.78 Å². The first-order valence-electron chi connectivity index (χ1n) is 4.67. The Morgan fingerprint density at radius 2 is 2.33 bits per heavy atom. The average molecular weight is 223 g/mol. The number of hydrogen-bond donors (Lipinski definition) is 2. The number of halogens is 1. The molecule has 0 aliphatic heterocycles. The van der Waals surface area contributed by atoms with Crippen LogP contribution in [-0.2, 0) is 0 Å². The second-order valence-electron chi connectivity index (χ2n) is 3.32. The zero-order valence-corrected chi connectivity index (χ0v) is 9.06. The van der Waals surface area contributed by atoms with Gasteiger partial charge in [-0.25, -0.2) is 0 Å². The minimum absolute atomic E-state index is 0.0611. The van der Waals surface area contributed by atoms with E-state index in [1.807, 2.05) is 12.1 Å². The number of aromatic nitrogens is 1. The number of nitrogens with one attached hydrogen (secondary N) is 2. The van der Waals surface area contributed by atoms with Crippen molar-refractivity contribution in [2.45, 2.75) is 0 Å². The third kappa shape index (κ3) is 1.76. The van der Waals surface area contributed by atoms with Gasteiger partial charge >= 0.3 is 0 Å². The van der Waals surface area contributed by atoms with Gasteiger partial charge < -0.3 is 10.3 Å². The predicted molar refractivity (Wildman–Crippen MR) is 61.6 cm³/mol. The van der Waals surface area contributed by atoms with Gasteiger partial charge in [-0.05, 0) is 13.1 Å². The summed E-state index contributed by atoms with van der Waals surface area (Å²) in [7, 11) is 1.75. The number of aromatic amines is 1. The van der Waals surface area contributed by atoms with Gasteiger partial charge in [0.15, 0.2) is 5.78 Å². The summed E-state index contributed by atoms with van der Waals surface area (Å²) < 4.78 is 0. The van der Waals surface area contributed by atoms with Crippen LogP contribution >= 0.6 is 11.6 Å². The van der Waals surface area contributed by atoms with E-state index in [1.54, 1.807) is 19.3 Å². The highest BCUT2D eigenvalue weighted by Gasteiger charge is 2.11. The summed E-state index contributed by atoms with van der Waals surface area (Å²) in [4.78, 5) is 14.7. The Kier molecular flexibility index (Phi) is 2.75. The lowest BCUT2D eigenvalue weighted by atomic mass is 10.1. The Morgan fingerprint density at radius 1 is 1.53 bits per heavy atom. The molecule has 0 spiro atoms. The summed E-state index contributed by atoms with van der Waals surface area (Å²) in [5, 5.41) is 4.35. The molecular weight excluding hydrogens is 212 g/mol. The fourth-order valence-corrected chi connectivity index (χ4v) is 1.83. The number of fused-ring (bicyclic) bond motifs is 1. The summed E-state index contributed by atoms with van der Waals surface area (Å²) in [5.41, 5.74) is 1.50. The molecule has 1 aromatic heterocycles. The van der Waals surface area contributed by atoms with Crippen LogP contribution in [0.3, 0.4) is 0 Å². The van der Waals surface area contributed by atoms with Crippen molar-refractivity contribution < 1.29 is 4.79 Å². The molecule has 2 rings (SSSR count). The third-order valence-electron chi connectivity index (χ3n) is 2.30. The number of para-hydroxylation sites is 1. The standard InChI is InChI=1S/C11H11ClN2O/c1-13-6-10(15)8-5-14-11-7(8)3-2-4-9(11)12/h2-5,13-14H,6H2,1H3. The van der Waals surface area contributed by atoms with Crippen LogP contribution in [0.15, 0.2) is 24.4 Å². The molecule has 1 aromatic carbocycles. The Balaban J connectivity index is 2.54. The van der Waals surface area contributed by atoms with Gasteiger partial charge in [-0.1, -0.05) is 23.7 Å². The van der Waals surface area contributed by atoms with Gasteiger partial charge in [0.25, 0.3) is 0 Å². The molecule has 0 unspecified atom stereocenters. The Bertz CT molecular complexity index is 504. The zero-order valence-electron chi connectivity index (χ0n) is 8.30. The topological polar surface area (TPSA) is 44.9 Å². The molecule has 0 saturated heterocycles. The molecule has 15 heavy (non-hydrogen) atoms. The molecule has 2 aromatic rings. The van der Waals surface area contributed by atoms with Crippen molar-refractivity contribution in [2.24, 2.45) is 0 Å². The van der Waals surface area contributed by atoms with Crippen LogP contribution in [0, 0.1) is 0 Å². The number of benzene rings is 1. The van der Waals surface area contributed by atoms with E-state index >= 15 is 0 Å². The predicted octanol–water partition coefficient (Wildman–Crippen LogP) is 2.22. The fraction of sp³-hybridized carbons (Fsp3) is 0.182. The molecule has 0 fully saturated rings. The van der Waals surface area contributed by atoms with Gasteiger partial charge in [0.2, 0.25) is 0 Å². The van der Waals surface area contributed by atoms with E-state index in [2.05, 4.69) is 10.3 Å². The van der Waals surface area contributed by atoms with Crippen molar-refractivity contribution in [3.63, 3.8) is 0 Å². The SMILES string of the molecule is CNCC(=O)c1c[nH]c2c(Cl)cccc12. The van der Waals surface area contributed by atoms with Gasteiger partial charge in [-0.15, -0.1) is 0 Å². The van der Waals surface area contributed by atoms with Gasteiger partial charge in [-0.2, -0.15) is 0 Å². The van der Waals surface area contributed by atoms with E-state index in [9.17, 15) is 4.79 Å². The molecule has 78 valence electrons. The largest absolute Gasteiger partial charge is 0.359 e. The van der Waals surface area contributed by atoms with Crippen molar-refractivity contribution in [3.8, 4) is 0 Å². The normalized spacial score (nSPS) is 10.8. The Hall–Kier alpha value is -1.32. The highest BCUT2D eigenvalue weighted by atomic mass is 35.5. The quantitative estimate of drug-likeness (QED) is 0.783. The summed E-state index contributed by atoms with van der Waals surface area (Å²) in [6, 6.07) is 5.53. The van der Waals surface area contributed by atoms with Crippen LogP contribution in [0.5, 0.6) is 0 Å². The number of likely N-dealkylation sites (N-methyl/N-ethyl adjacent to an activating group) is 1. The molecule has 0 bridgehead atoms. The van der Waals surface area contributed by atoms with Crippen molar-refractivity contribution in [1.82, 2.24) is 10.3 Å². The van der Waals surface area contributed by atoms with Crippen molar-refractivity contribution >= 4 is 28.3 Å². The zero-order chi connectivity index (χ0) is 10.8. The van der Waals surface area contributed by atoms with Gasteiger partial charge in [-0.3, -0.25) is 4.79 Å². The summed E-state index contributed by atoms with van der Waals surface area (Å²) in [6.07, 6.45) is 1.70. The molecule has 0 atom stereocenters. The van der Waals surface area contributed by atoms with Gasteiger partial charge in [0, 0.05) is 17.1 Å². The van der Waals surface area contributed by atoms with E-state index in [0.717, 1.165) is 10.9 Å². The molecule has 2 N–H and O–H groups in total. The third-order valence-corrected chi connectivity index (χ3v) is 2.62. The van der Waals surface area contributed by atoms with Crippen LogP contribution in [0.2, 0.25) is 5.02 Å². The number of rotatable bonds is 3. The number of H-pyrrole nitrogens is 1. The number of carbonyl (C=O) groups is 1. The maximum absolute atomic E-state index is 11.7. The smallest absolute Gasteiger partial charge is 0.178 e. The maximum Gasteiger partial charge on any atom is 0.178 e. The van der Waals surface area contributed by atoms with Crippen molar-refractivity contribution in [3.05, 3.63) is 35.0 Å². The second kappa shape index (κ2) is 4.04. The molecule has 1 heterocycles. The van der Waals surface area contributed by atoms with E-state index in [1.165, 1.54) is 0 Å². The van der Waals surface area contributed by atoms with Crippen molar-refractivity contribution in [2.75, 3.05) is 13.6 Å². The molecule has 0 saturated carbocycles. The highest BCUT2D eigenvalue weighted by Crippen LogP contribution is 2.25. The molecule has 4 heteroatoms. The molecule has 0 aliphatic rings. The number of hydrogen-bond acceptors (Lipinski definition) is 2. The Labute approximate surface area is 92.4 Å². The van der Waals surface area contributed by atoms with Crippen molar-refractivity contribution in [1.29, 1.82) is 0 Å². The lowest BCUT2D eigenvalue weighted by Crippen LogP contribution is -2.18. The average Bonchev–Trinajstić information content (AvgIpc) is 2.63. The molecule has 3 nitrogen and oxygen atoms in total. The first-order valence-corrected chi connectivity index (χ1v) is 5.05. The lowest BCUT2D eigenvalue weighted by molar-refractivity contribution is 0.0995. The maximum atomic E-state index is 11.7. The molecular formula is C11H11ClN2O. The highest BCUT2D eigenvalue weighted by molar-refractivity contribution is 6.35. The first kappa shape index (κ1) is 10.2. The number of ketones is 1. The Morgan fingerprint density at radius 3 is 3.07 bits per heavy atom. The summed E-state index contributed by atoms with van der Waals surface area (Å²) in [5.74, 6) is 0.0611. The second-order valence-corrected chi connectivity index (χ2v) is 3.73.